The molecule has 1 atom stereocenters. The monoisotopic (exact) mass is 327 g/mol. The van der Waals surface area contributed by atoms with E-state index in [0.717, 1.165) is 4.90 Å². The number of hydrogen-bond acceptors (Lipinski definition) is 5. The van der Waals surface area contributed by atoms with Gasteiger partial charge in [-0.1, -0.05) is 12.1 Å². The fourth-order valence-corrected chi connectivity index (χ4v) is 2.51. The van der Waals surface area contributed by atoms with E-state index < -0.39 is 29.6 Å². The number of halogens is 1. The molecule has 0 aromatic heterocycles. The first-order chi connectivity index (χ1) is 11.5. The Hall–Kier alpha value is -3.22. The van der Waals surface area contributed by atoms with Gasteiger partial charge in [0, 0.05) is 5.69 Å². The third-order valence-corrected chi connectivity index (χ3v) is 3.69. The predicted octanol–water partition coefficient (Wildman–Crippen LogP) is 0.933. The molecule has 24 heavy (non-hydrogen) atoms. The lowest BCUT2D eigenvalue weighted by Gasteiger charge is -2.16. The van der Waals surface area contributed by atoms with E-state index >= 15 is 0 Å². The normalized spacial score (nSPS) is 17.2. The van der Waals surface area contributed by atoms with Crippen LogP contribution < -0.4 is 15.3 Å². The highest BCUT2D eigenvalue weighted by Gasteiger charge is 2.39. The van der Waals surface area contributed by atoms with Gasteiger partial charge in [0.2, 0.25) is 5.91 Å². The second-order valence-corrected chi connectivity index (χ2v) is 5.31. The minimum atomic E-state index is -1.30. The molecule has 1 aliphatic heterocycles. The highest BCUT2D eigenvalue weighted by atomic mass is 19.1. The zero-order valence-corrected chi connectivity index (χ0v) is 12.4. The molecule has 0 unspecified atom stereocenters. The number of nitrogens with zero attached hydrogens (tertiary/aromatic N) is 1. The third kappa shape index (κ3) is 2.96. The van der Waals surface area contributed by atoms with Gasteiger partial charge in [-0.05, 0) is 42.0 Å². The summed E-state index contributed by atoms with van der Waals surface area (Å²) in [5.41, 5.74) is 0.831. The lowest BCUT2D eigenvalue weighted by atomic mass is 10.2. The van der Waals surface area contributed by atoms with Crippen LogP contribution in [0.5, 0.6) is 0 Å². The van der Waals surface area contributed by atoms with Crippen molar-refractivity contribution in [1.29, 1.82) is 0 Å². The molecule has 1 heterocycles. The van der Waals surface area contributed by atoms with Gasteiger partial charge in [-0.25, -0.2) is 9.29 Å². The van der Waals surface area contributed by atoms with E-state index in [-0.39, 0.29) is 12.0 Å². The van der Waals surface area contributed by atoms with Gasteiger partial charge in [0.15, 0.2) is 0 Å². The van der Waals surface area contributed by atoms with Crippen LogP contribution in [0.1, 0.15) is 16.8 Å². The van der Waals surface area contributed by atoms with Crippen LogP contribution in [0.2, 0.25) is 0 Å². The van der Waals surface area contributed by atoms with Crippen LogP contribution in [0.3, 0.4) is 0 Å². The fourth-order valence-electron chi connectivity index (χ4n) is 2.51. The largest absolute Gasteiger partial charge is 0.545 e. The van der Waals surface area contributed by atoms with Crippen LogP contribution in [0.4, 0.5) is 15.8 Å². The standard InChI is InChI=1S/C17H13FN2O4/c18-11-3-7-13(8-4-11)20-15(21)9-14(16(20)22)19-12-5-1-10(2-6-12)17(23)24/h1-8,14,19H,9H2,(H,23,24)/p-1/t14-/m1/s1. The maximum Gasteiger partial charge on any atom is 0.256 e. The Morgan fingerprint density at radius 2 is 1.71 bits per heavy atom. The quantitative estimate of drug-likeness (QED) is 0.844. The zero-order valence-electron chi connectivity index (χ0n) is 12.4. The fraction of sp³-hybridized carbons (Fsp3) is 0.118. The molecule has 0 radical (unpaired) electrons. The number of carboxylic acid groups (broad SMARTS) is 1. The van der Waals surface area contributed by atoms with Crippen LogP contribution in [-0.4, -0.2) is 23.8 Å². The van der Waals surface area contributed by atoms with Crippen molar-refractivity contribution in [3.8, 4) is 0 Å². The number of hydrogen-bond donors (Lipinski definition) is 1. The average Bonchev–Trinajstić information content (AvgIpc) is 2.83. The molecule has 6 nitrogen and oxygen atoms in total. The molecule has 0 saturated carbocycles. The minimum absolute atomic E-state index is 0.0160. The molecule has 0 aliphatic carbocycles. The molecule has 1 N–H and O–H groups in total. The number of anilines is 2. The molecule has 0 spiro atoms. The Labute approximate surface area is 136 Å². The molecule has 2 aromatic rings. The minimum Gasteiger partial charge on any atom is -0.545 e. The average molecular weight is 327 g/mol. The Morgan fingerprint density at radius 3 is 2.29 bits per heavy atom. The number of carbonyl (C=O) groups excluding carboxylic acids is 3. The predicted molar refractivity (Wildman–Crippen MR) is 81.7 cm³/mol. The van der Waals surface area contributed by atoms with Crippen LogP contribution >= 0.6 is 0 Å². The first-order valence-electron chi connectivity index (χ1n) is 7.16. The molecule has 1 aliphatic rings. The maximum absolute atomic E-state index is 13.0. The van der Waals surface area contributed by atoms with Gasteiger partial charge in [0.05, 0.1) is 18.1 Å². The molecular formula is C17H12FN2O4-. The first-order valence-corrected chi connectivity index (χ1v) is 7.16. The van der Waals surface area contributed by atoms with E-state index in [1.54, 1.807) is 0 Å². The molecular weight excluding hydrogens is 315 g/mol. The highest BCUT2D eigenvalue weighted by Crippen LogP contribution is 2.25. The topological polar surface area (TPSA) is 89.5 Å². The van der Waals surface area contributed by atoms with Gasteiger partial charge in [-0.2, -0.15) is 0 Å². The molecule has 7 heteroatoms. The summed E-state index contributed by atoms with van der Waals surface area (Å²) in [6.07, 6.45) is -0.0432. The van der Waals surface area contributed by atoms with Crippen molar-refractivity contribution in [2.45, 2.75) is 12.5 Å². The summed E-state index contributed by atoms with van der Waals surface area (Å²) < 4.78 is 13.0. The van der Waals surface area contributed by atoms with Gasteiger partial charge in [0.1, 0.15) is 11.9 Å². The van der Waals surface area contributed by atoms with Crippen molar-refractivity contribution in [1.82, 2.24) is 0 Å². The van der Waals surface area contributed by atoms with Crippen molar-refractivity contribution >= 4 is 29.2 Å². The smallest absolute Gasteiger partial charge is 0.256 e. The first kappa shape index (κ1) is 15.7. The molecule has 2 amide bonds. The van der Waals surface area contributed by atoms with Crippen molar-refractivity contribution in [2.24, 2.45) is 0 Å². The number of carbonyl (C=O) groups is 3. The molecule has 1 fully saturated rings. The van der Waals surface area contributed by atoms with Gasteiger partial charge < -0.3 is 15.2 Å². The number of rotatable bonds is 4. The summed E-state index contributed by atoms with van der Waals surface area (Å²) in [5.74, 6) is -2.59. The van der Waals surface area contributed by atoms with Crippen molar-refractivity contribution < 1.29 is 23.9 Å². The third-order valence-electron chi connectivity index (χ3n) is 3.69. The molecule has 1 saturated heterocycles. The van der Waals surface area contributed by atoms with E-state index in [0.29, 0.717) is 11.4 Å². The van der Waals surface area contributed by atoms with Crippen LogP contribution in [-0.2, 0) is 9.59 Å². The second-order valence-electron chi connectivity index (χ2n) is 5.31. The van der Waals surface area contributed by atoms with Crippen molar-refractivity contribution in [3.63, 3.8) is 0 Å². The second kappa shape index (κ2) is 6.11. The Morgan fingerprint density at radius 1 is 1.08 bits per heavy atom. The Bertz CT molecular complexity index is 802. The summed E-state index contributed by atoms with van der Waals surface area (Å²) in [5, 5.41) is 13.6. The number of aromatic carboxylic acids is 1. The van der Waals surface area contributed by atoms with Gasteiger partial charge >= 0.3 is 0 Å². The molecule has 2 aromatic carbocycles. The molecule has 122 valence electrons. The highest BCUT2D eigenvalue weighted by molar-refractivity contribution is 6.23. The summed E-state index contributed by atoms with van der Waals surface area (Å²) >= 11 is 0. The number of amides is 2. The van der Waals surface area contributed by atoms with E-state index in [9.17, 15) is 23.9 Å². The van der Waals surface area contributed by atoms with E-state index in [4.69, 9.17) is 0 Å². The number of carboxylic acids is 1. The SMILES string of the molecule is O=C([O-])c1ccc(N[C@@H]2CC(=O)N(c3ccc(F)cc3)C2=O)cc1. The lowest BCUT2D eigenvalue weighted by molar-refractivity contribution is -0.255. The van der Waals surface area contributed by atoms with E-state index in [1.807, 2.05) is 0 Å². The zero-order chi connectivity index (χ0) is 17.3. The van der Waals surface area contributed by atoms with Crippen LogP contribution in [0, 0.1) is 5.82 Å². The van der Waals surface area contributed by atoms with Crippen LogP contribution in [0.25, 0.3) is 0 Å². The lowest BCUT2D eigenvalue weighted by Crippen LogP contribution is -2.34. The summed E-state index contributed by atoms with van der Waals surface area (Å²) in [6.45, 7) is 0. The maximum atomic E-state index is 13.0. The molecule has 0 bridgehead atoms. The van der Waals surface area contributed by atoms with Gasteiger partial charge in [0.25, 0.3) is 5.91 Å². The molecule has 3 rings (SSSR count). The summed E-state index contributed by atoms with van der Waals surface area (Å²) in [6, 6.07) is 9.98. The van der Waals surface area contributed by atoms with Crippen LogP contribution in [0.15, 0.2) is 48.5 Å². The van der Waals surface area contributed by atoms with E-state index in [1.165, 1.54) is 48.5 Å². The summed E-state index contributed by atoms with van der Waals surface area (Å²) in [4.78, 5) is 36.2. The Balaban J connectivity index is 1.76. The summed E-state index contributed by atoms with van der Waals surface area (Å²) in [7, 11) is 0. The van der Waals surface area contributed by atoms with E-state index in [2.05, 4.69) is 5.32 Å². The van der Waals surface area contributed by atoms with Crippen molar-refractivity contribution in [2.75, 3.05) is 10.2 Å². The van der Waals surface area contributed by atoms with Crippen molar-refractivity contribution in [3.05, 3.63) is 59.9 Å². The Kier molecular flexibility index (Phi) is 3.99. The number of benzene rings is 2. The number of imide groups is 1. The number of nitrogens with one attached hydrogen (secondary N) is 1. The van der Waals surface area contributed by atoms with Gasteiger partial charge in [-0.15, -0.1) is 0 Å². The van der Waals surface area contributed by atoms with Gasteiger partial charge in [-0.3, -0.25) is 9.59 Å².